The summed E-state index contributed by atoms with van der Waals surface area (Å²) in [6.45, 7) is 1.88. The minimum absolute atomic E-state index is 0.0928. The lowest BCUT2D eigenvalue weighted by molar-refractivity contribution is -0.121. The van der Waals surface area contributed by atoms with Crippen LogP contribution in [0.2, 0.25) is 10.0 Å². The highest BCUT2D eigenvalue weighted by molar-refractivity contribution is 6.42. The summed E-state index contributed by atoms with van der Waals surface area (Å²) in [6.07, 6.45) is 5.50. The molecule has 0 saturated carbocycles. The first-order valence-corrected chi connectivity index (χ1v) is 9.47. The van der Waals surface area contributed by atoms with Crippen molar-refractivity contribution < 1.29 is 4.79 Å². The summed E-state index contributed by atoms with van der Waals surface area (Å²) < 4.78 is 0. The third-order valence-corrected chi connectivity index (χ3v) is 5.24. The lowest BCUT2D eigenvalue weighted by Gasteiger charge is -2.11. The fourth-order valence-electron chi connectivity index (χ4n) is 3.06. The number of pyridine rings is 1. The van der Waals surface area contributed by atoms with E-state index in [1.54, 1.807) is 24.5 Å². The highest BCUT2D eigenvalue weighted by Crippen LogP contribution is 2.28. The number of aromatic nitrogens is 4. The third kappa shape index (κ3) is 3.74. The molecule has 3 aromatic heterocycles. The second-order valence-electron chi connectivity index (χ2n) is 6.49. The van der Waals surface area contributed by atoms with Gasteiger partial charge in [0.05, 0.1) is 34.4 Å². The highest BCUT2D eigenvalue weighted by Gasteiger charge is 2.15. The largest absolute Gasteiger partial charge is 0.346 e. The number of benzene rings is 1. The number of H-pyrrole nitrogens is 2. The van der Waals surface area contributed by atoms with Gasteiger partial charge in [0.2, 0.25) is 5.91 Å². The summed E-state index contributed by atoms with van der Waals surface area (Å²) >= 11 is 12.0. The normalized spacial score (nSPS) is 12.2. The van der Waals surface area contributed by atoms with Gasteiger partial charge in [0.1, 0.15) is 11.5 Å². The number of rotatable bonds is 5. The molecule has 3 heterocycles. The second kappa shape index (κ2) is 7.66. The molecular weight excluding hydrogens is 397 g/mol. The average molecular weight is 414 g/mol. The minimum atomic E-state index is -0.271. The van der Waals surface area contributed by atoms with Gasteiger partial charge in [-0.2, -0.15) is 0 Å². The number of amides is 1. The first kappa shape index (κ1) is 18.5. The van der Waals surface area contributed by atoms with Crippen molar-refractivity contribution in [3.8, 4) is 11.3 Å². The maximum atomic E-state index is 12.5. The number of aromatic amines is 2. The molecule has 0 saturated heterocycles. The van der Waals surface area contributed by atoms with Crippen molar-refractivity contribution in [3.05, 3.63) is 70.4 Å². The van der Waals surface area contributed by atoms with Crippen molar-refractivity contribution in [2.24, 2.45) is 0 Å². The molecule has 142 valence electrons. The van der Waals surface area contributed by atoms with Gasteiger partial charge in [-0.1, -0.05) is 29.3 Å². The maximum absolute atomic E-state index is 12.5. The van der Waals surface area contributed by atoms with Crippen LogP contribution >= 0.6 is 23.2 Å². The number of hydrogen-bond donors (Lipinski definition) is 3. The summed E-state index contributed by atoms with van der Waals surface area (Å²) in [6, 6.07) is 8.90. The molecule has 1 aromatic carbocycles. The van der Waals surface area contributed by atoms with Crippen molar-refractivity contribution in [3.63, 3.8) is 0 Å². The molecule has 0 spiro atoms. The molecule has 0 fully saturated rings. The van der Waals surface area contributed by atoms with Crippen LogP contribution in [0.25, 0.3) is 22.3 Å². The number of imidazole rings is 1. The Kier molecular flexibility index (Phi) is 5.07. The summed E-state index contributed by atoms with van der Waals surface area (Å²) in [5.41, 5.74) is 3.36. The number of carbonyl (C=O) groups excluding carboxylic acids is 1. The number of fused-ring (bicyclic) bond motifs is 1. The highest BCUT2D eigenvalue weighted by atomic mass is 35.5. The smallest absolute Gasteiger partial charge is 0.225 e. The molecule has 6 nitrogen and oxygen atoms in total. The Labute approximate surface area is 171 Å². The van der Waals surface area contributed by atoms with E-state index in [1.165, 1.54) is 0 Å². The quantitative estimate of drug-likeness (QED) is 0.443. The van der Waals surface area contributed by atoms with Gasteiger partial charge in [-0.3, -0.25) is 4.79 Å². The Bertz CT molecular complexity index is 1150. The SMILES string of the molecule is CC(NC(=O)Cc1c[nH]c2ncccc12)c1ncc(-c2ccc(Cl)c(Cl)c2)[nH]1. The molecular formula is C20H17Cl2N5O. The first-order valence-electron chi connectivity index (χ1n) is 8.72. The van der Waals surface area contributed by atoms with Gasteiger partial charge in [-0.25, -0.2) is 9.97 Å². The zero-order chi connectivity index (χ0) is 19.7. The Morgan fingerprint density at radius 1 is 1.21 bits per heavy atom. The molecule has 0 radical (unpaired) electrons. The van der Waals surface area contributed by atoms with Crippen molar-refractivity contribution in [2.45, 2.75) is 19.4 Å². The van der Waals surface area contributed by atoms with Crippen LogP contribution in [0.3, 0.4) is 0 Å². The summed E-state index contributed by atoms with van der Waals surface area (Å²) in [7, 11) is 0. The summed E-state index contributed by atoms with van der Waals surface area (Å²) in [5.74, 6) is 0.569. The topological polar surface area (TPSA) is 86.5 Å². The van der Waals surface area contributed by atoms with Crippen molar-refractivity contribution >= 4 is 40.1 Å². The van der Waals surface area contributed by atoms with Crippen molar-refractivity contribution in [1.82, 2.24) is 25.3 Å². The van der Waals surface area contributed by atoms with Crippen LogP contribution in [-0.2, 0) is 11.2 Å². The summed E-state index contributed by atoms with van der Waals surface area (Å²) in [4.78, 5) is 27.4. The molecule has 28 heavy (non-hydrogen) atoms. The Morgan fingerprint density at radius 3 is 2.89 bits per heavy atom. The number of carbonyl (C=O) groups is 1. The zero-order valence-electron chi connectivity index (χ0n) is 15.0. The lowest BCUT2D eigenvalue weighted by atomic mass is 10.1. The predicted octanol–water partition coefficient (Wildman–Crippen LogP) is 4.68. The zero-order valence-corrected chi connectivity index (χ0v) is 16.5. The maximum Gasteiger partial charge on any atom is 0.225 e. The van der Waals surface area contributed by atoms with E-state index in [2.05, 4.69) is 25.3 Å². The molecule has 0 aliphatic rings. The third-order valence-electron chi connectivity index (χ3n) is 4.50. The van der Waals surface area contributed by atoms with Crippen LogP contribution in [0.5, 0.6) is 0 Å². The van der Waals surface area contributed by atoms with E-state index in [0.29, 0.717) is 15.9 Å². The molecule has 0 aliphatic heterocycles. The second-order valence-corrected chi connectivity index (χ2v) is 7.30. The van der Waals surface area contributed by atoms with Gasteiger partial charge in [0.15, 0.2) is 0 Å². The van der Waals surface area contributed by atoms with Crippen LogP contribution in [0.15, 0.2) is 48.9 Å². The summed E-state index contributed by atoms with van der Waals surface area (Å²) in [5, 5.41) is 4.89. The molecule has 8 heteroatoms. The van der Waals surface area contributed by atoms with Gasteiger partial charge < -0.3 is 15.3 Å². The van der Waals surface area contributed by atoms with Crippen molar-refractivity contribution in [2.75, 3.05) is 0 Å². The van der Waals surface area contributed by atoms with Gasteiger partial charge in [0.25, 0.3) is 0 Å². The van der Waals surface area contributed by atoms with Crippen LogP contribution in [-0.4, -0.2) is 25.8 Å². The first-order chi connectivity index (χ1) is 13.5. The van der Waals surface area contributed by atoms with E-state index in [1.807, 2.05) is 31.3 Å². The molecule has 4 rings (SSSR count). The van der Waals surface area contributed by atoms with Gasteiger partial charge in [-0.15, -0.1) is 0 Å². The fourth-order valence-corrected chi connectivity index (χ4v) is 3.36. The number of nitrogens with one attached hydrogen (secondary N) is 3. The van der Waals surface area contributed by atoms with Crippen LogP contribution < -0.4 is 5.32 Å². The number of nitrogens with zero attached hydrogens (tertiary/aromatic N) is 2. The van der Waals surface area contributed by atoms with E-state index in [9.17, 15) is 4.79 Å². The Morgan fingerprint density at radius 2 is 2.07 bits per heavy atom. The Hall–Kier alpha value is -2.83. The van der Waals surface area contributed by atoms with Crippen LogP contribution in [0.1, 0.15) is 24.4 Å². The molecule has 4 aromatic rings. The van der Waals surface area contributed by atoms with Gasteiger partial charge in [0, 0.05) is 23.3 Å². The minimum Gasteiger partial charge on any atom is -0.346 e. The molecule has 1 amide bonds. The predicted molar refractivity (Wildman–Crippen MR) is 110 cm³/mol. The van der Waals surface area contributed by atoms with E-state index in [4.69, 9.17) is 23.2 Å². The average Bonchev–Trinajstić information content (AvgIpc) is 3.32. The fraction of sp³-hybridized carbons (Fsp3) is 0.150. The molecule has 0 aliphatic carbocycles. The van der Waals surface area contributed by atoms with Crippen molar-refractivity contribution in [1.29, 1.82) is 0 Å². The number of halogens is 2. The monoisotopic (exact) mass is 413 g/mol. The molecule has 0 bridgehead atoms. The van der Waals surface area contributed by atoms with Crippen LogP contribution in [0, 0.1) is 0 Å². The van der Waals surface area contributed by atoms with E-state index >= 15 is 0 Å². The molecule has 1 unspecified atom stereocenters. The van der Waals surface area contributed by atoms with Gasteiger partial charge >= 0.3 is 0 Å². The van der Waals surface area contributed by atoms with E-state index < -0.39 is 0 Å². The molecule has 3 N–H and O–H groups in total. The van der Waals surface area contributed by atoms with Gasteiger partial charge in [-0.05, 0) is 36.8 Å². The molecule has 1 atom stereocenters. The standard InChI is InChI=1S/C20H17Cl2N5O/c1-11(19-25-10-17(27-19)12-4-5-15(21)16(22)7-12)26-18(28)8-13-9-24-20-14(13)3-2-6-23-20/h2-7,9-11H,8H2,1H3,(H,23,24)(H,25,27)(H,26,28). The number of hydrogen-bond acceptors (Lipinski definition) is 3. The Balaban J connectivity index is 1.45. The van der Waals surface area contributed by atoms with E-state index in [-0.39, 0.29) is 18.4 Å². The lowest BCUT2D eigenvalue weighted by Crippen LogP contribution is -2.28. The van der Waals surface area contributed by atoms with Crippen LogP contribution in [0.4, 0.5) is 0 Å². The van der Waals surface area contributed by atoms with E-state index in [0.717, 1.165) is 27.9 Å².